The summed E-state index contributed by atoms with van der Waals surface area (Å²) in [6.07, 6.45) is 1.87. The lowest BCUT2D eigenvalue weighted by molar-refractivity contribution is 0.561. The Morgan fingerprint density at radius 2 is 2.00 bits per heavy atom. The summed E-state index contributed by atoms with van der Waals surface area (Å²) in [4.78, 5) is 3.92. The van der Waals surface area contributed by atoms with E-state index in [0.717, 1.165) is 18.2 Å². The van der Waals surface area contributed by atoms with Gasteiger partial charge in [-0.05, 0) is 36.2 Å². The van der Waals surface area contributed by atoms with Crippen LogP contribution in [-0.2, 0) is 6.42 Å². The molecule has 94 valence electrons. The number of halogens is 2. The molecule has 0 amide bonds. The Morgan fingerprint density at radius 1 is 1.22 bits per heavy atom. The number of nitrogens with two attached hydrogens (primary N) is 2. The van der Waals surface area contributed by atoms with Crippen LogP contribution in [-0.4, -0.2) is 4.98 Å². The fourth-order valence-electron chi connectivity index (χ4n) is 1.77. The summed E-state index contributed by atoms with van der Waals surface area (Å²) >= 11 is 0. The van der Waals surface area contributed by atoms with Crippen molar-refractivity contribution in [1.29, 1.82) is 0 Å². The van der Waals surface area contributed by atoms with Gasteiger partial charge in [-0.15, -0.1) is 0 Å². The Labute approximate surface area is 103 Å². The van der Waals surface area contributed by atoms with Gasteiger partial charge < -0.3 is 11.5 Å². The van der Waals surface area contributed by atoms with Gasteiger partial charge in [0, 0.05) is 17.8 Å². The third kappa shape index (κ3) is 2.62. The first kappa shape index (κ1) is 12.4. The average Bonchev–Trinajstić information content (AvgIpc) is 2.35. The van der Waals surface area contributed by atoms with E-state index in [1.165, 1.54) is 0 Å². The van der Waals surface area contributed by atoms with Crippen LogP contribution in [0.2, 0.25) is 0 Å². The minimum atomic E-state index is -0.660. The van der Waals surface area contributed by atoms with Gasteiger partial charge in [-0.2, -0.15) is 0 Å². The molecule has 0 bridgehead atoms. The molecule has 2 aromatic rings. The second kappa shape index (κ2) is 5.10. The van der Waals surface area contributed by atoms with Crippen molar-refractivity contribution in [2.75, 3.05) is 5.73 Å². The summed E-state index contributed by atoms with van der Waals surface area (Å²) in [5, 5.41) is 0. The highest BCUT2D eigenvalue weighted by atomic mass is 19.1. The highest BCUT2D eigenvalue weighted by Gasteiger charge is 2.14. The zero-order valence-corrected chi connectivity index (χ0v) is 9.61. The molecule has 0 aliphatic heterocycles. The van der Waals surface area contributed by atoms with Crippen molar-refractivity contribution in [2.45, 2.75) is 12.5 Å². The molecule has 3 nitrogen and oxygen atoms in total. The van der Waals surface area contributed by atoms with Gasteiger partial charge >= 0.3 is 0 Å². The van der Waals surface area contributed by atoms with Crippen molar-refractivity contribution in [3.63, 3.8) is 0 Å². The number of aromatic nitrogens is 1. The van der Waals surface area contributed by atoms with Gasteiger partial charge in [0.25, 0.3) is 0 Å². The molecule has 0 radical (unpaired) electrons. The zero-order chi connectivity index (χ0) is 13.1. The van der Waals surface area contributed by atoms with Crippen LogP contribution in [0.4, 0.5) is 14.6 Å². The van der Waals surface area contributed by atoms with Gasteiger partial charge in [0.2, 0.25) is 0 Å². The van der Waals surface area contributed by atoms with Crippen LogP contribution in [0.1, 0.15) is 17.2 Å². The van der Waals surface area contributed by atoms with Gasteiger partial charge in [0.15, 0.2) is 0 Å². The fraction of sp³-hybridized carbons (Fsp3) is 0.154. The molecule has 0 saturated heterocycles. The molecule has 2 rings (SSSR count). The van der Waals surface area contributed by atoms with E-state index in [4.69, 9.17) is 11.5 Å². The summed E-state index contributed by atoms with van der Waals surface area (Å²) < 4.78 is 26.6. The van der Waals surface area contributed by atoms with E-state index in [1.54, 1.807) is 18.3 Å². The Balaban J connectivity index is 2.25. The summed E-state index contributed by atoms with van der Waals surface area (Å²) in [6.45, 7) is 0. The number of hydrogen-bond acceptors (Lipinski definition) is 3. The van der Waals surface area contributed by atoms with Gasteiger partial charge in [-0.3, -0.25) is 0 Å². The first-order valence-corrected chi connectivity index (χ1v) is 5.48. The molecule has 0 aliphatic rings. The molecule has 1 aromatic heterocycles. The molecule has 4 N–H and O–H groups in total. The lowest BCUT2D eigenvalue weighted by Gasteiger charge is -2.14. The van der Waals surface area contributed by atoms with E-state index in [0.29, 0.717) is 17.8 Å². The highest BCUT2D eigenvalue weighted by Crippen LogP contribution is 2.21. The predicted molar refractivity (Wildman–Crippen MR) is 65.6 cm³/mol. The predicted octanol–water partition coefficient (Wildman–Crippen LogP) is 2.18. The number of pyridine rings is 1. The van der Waals surface area contributed by atoms with Crippen molar-refractivity contribution in [3.05, 3.63) is 59.3 Å². The number of rotatable bonds is 3. The maximum atomic E-state index is 13.5. The Kier molecular flexibility index (Phi) is 3.53. The van der Waals surface area contributed by atoms with Crippen molar-refractivity contribution >= 4 is 5.82 Å². The van der Waals surface area contributed by atoms with E-state index >= 15 is 0 Å². The summed E-state index contributed by atoms with van der Waals surface area (Å²) in [6, 6.07) is 6.06. The number of anilines is 1. The smallest absolute Gasteiger partial charge is 0.128 e. The third-order valence-corrected chi connectivity index (χ3v) is 2.72. The molecule has 1 unspecified atom stereocenters. The number of nitrogens with zero attached hydrogens (tertiary/aromatic N) is 1. The second-order valence-electron chi connectivity index (χ2n) is 4.02. The van der Waals surface area contributed by atoms with Crippen molar-refractivity contribution in [1.82, 2.24) is 4.98 Å². The molecule has 18 heavy (non-hydrogen) atoms. The normalized spacial score (nSPS) is 12.4. The Hall–Kier alpha value is -2.01. The molecular weight excluding hydrogens is 236 g/mol. The second-order valence-corrected chi connectivity index (χ2v) is 4.02. The van der Waals surface area contributed by atoms with Crippen LogP contribution in [0.25, 0.3) is 0 Å². The number of hydrogen-bond donors (Lipinski definition) is 2. The Morgan fingerprint density at radius 3 is 2.72 bits per heavy atom. The Bertz CT molecular complexity index is 558. The van der Waals surface area contributed by atoms with Crippen LogP contribution >= 0.6 is 0 Å². The maximum Gasteiger partial charge on any atom is 0.128 e. The van der Waals surface area contributed by atoms with E-state index in [9.17, 15) is 8.78 Å². The molecular formula is C13H13F2N3. The topological polar surface area (TPSA) is 64.9 Å². The van der Waals surface area contributed by atoms with Gasteiger partial charge in [-0.25, -0.2) is 13.8 Å². The quantitative estimate of drug-likeness (QED) is 0.876. The van der Waals surface area contributed by atoms with Crippen molar-refractivity contribution in [3.8, 4) is 0 Å². The molecule has 5 heteroatoms. The van der Waals surface area contributed by atoms with E-state index in [1.807, 2.05) is 0 Å². The lowest BCUT2D eigenvalue weighted by Crippen LogP contribution is -2.16. The summed E-state index contributed by atoms with van der Waals surface area (Å²) in [5.74, 6) is -0.683. The third-order valence-electron chi connectivity index (χ3n) is 2.72. The number of benzene rings is 1. The van der Waals surface area contributed by atoms with Crippen molar-refractivity contribution in [2.24, 2.45) is 5.73 Å². The van der Waals surface area contributed by atoms with Crippen molar-refractivity contribution < 1.29 is 8.78 Å². The molecule has 1 heterocycles. The molecule has 0 saturated carbocycles. The molecule has 0 aliphatic carbocycles. The highest BCUT2D eigenvalue weighted by molar-refractivity contribution is 5.39. The van der Waals surface area contributed by atoms with Crippen LogP contribution in [0.15, 0.2) is 36.5 Å². The van der Waals surface area contributed by atoms with Crippen LogP contribution < -0.4 is 11.5 Å². The number of nitrogen functional groups attached to an aromatic ring is 1. The van der Waals surface area contributed by atoms with E-state index in [2.05, 4.69) is 4.98 Å². The van der Waals surface area contributed by atoms with Gasteiger partial charge in [0.1, 0.15) is 17.5 Å². The molecule has 0 spiro atoms. The monoisotopic (exact) mass is 249 g/mol. The minimum absolute atomic E-state index is 0.137. The largest absolute Gasteiger partial charge is 0.383 e. The van der Waals surface area contributed by atoms with Crippen LogP contribution in [0, 0.1) is 11.6 Å². The van der Waals surface area contributed by atoms with Crippen LogP contribution in [0.3, 0.4) is 0 Å². The van der Waals surface area contributed by atoms with E-state index < -0.39 is 17.7 Å². The molecule has 0 fully saturated rings. The summed E-state index contributed by atoms with van der Waals surface area (Å²) in [5.41, 5.74) is 12.4. The SMILES string of the molecule is Nc1ncccc1CC(N)c1cc(F)ccc1F. The zero-order valence-electron chi connectivity index (χ0n) is 9.61. The fourth-order valence-corrected chi connectivity index (χ4v) is 1.77. The molecule has 1 aromatic carbocycles. The molecule has 1 atom stereocenters. The maximum absolute atomic E-state index is 13.5. The van der Waals surface area contributed by atoms with E-state index in [-0.39, 0.29) is 5.56 Å². The van der Waals surface area contributed by atoms with Gasteiger partial charge in [0.05, 0.1) is 0 Å². The first-order chi connectivity index (χ1) is 8.58. The first-order valence-electron chi connectivity index (χ1n) is 5.48. The minimum Gasteiger partial charge on any atom is -0.383 e. The lowest BCUT2D eigenvalue weighted by atomic mass is 9.99. The average molecular weight is 249 g/mol. The van der Waals surface area contributed by atoms with Crippen LogP contribution in [0.5, 0.6) is 0 Å². The van der Waals surface area contributed by atoms with Gasteiger partial charge in [-0.1, -0.05) is 6.07 Å². The standard InChI is InChI=1S/C13H13F2N3/c14-9-3-4-11(15)10(7-9)12(16)6-8-2-1-5-18-13(8)17/h1-5,7,12H,6,16H2,(H2,17,18). The summed E-state index contributed by atoms with van der Waals surface area (Å²) in [7, 11) is 0.